The van der Waals surface area contributed by atoms with Crippen molar-refractivity contribution < 1.29 is 0 Å². The maximum absolute atomic E-state index is 4.41. The van der Waals surface area contributed by atoms with Crippen molar-refractivity contribution in [3.05, 3.63) is 5.82 Å². The van der Waals surface area contributed by atoms with Gasteiger partial charge in [0, 0.05) is 24.8 Å². The Hall–Kier alpha value is -0.550. The van der Waals surface area contributed by atoms with Crippen LogP contribution in [-0.4, -0.2) is 33.1 Å². The Morgan fingerprint density at radius 1 is 1.11 bits per heavy atom. The van der Waals surface area contributed by atoms with E-state index in [2.05, 4.69) is 20.1 Å². The third-order valence-corrected chi connectivity index (χ3v) is 5.10. The summed E-state index contributed by atoms with van der Waals surface area (Å²) in [5.41, 5.74) is 0. The van der Waals surface area contributed by atoms with E-state index in [1.807, 2.05) is 11.8 Å². The minimum absolute atomic E-state index is 0.670. The Labute approximate surface area is 113 Å². The van der Waals surface area contributed by atoms with Crippen molar-refractivity contribution in [3.63, 3.8) is 0 Å². The minimum Gasteiger partial charge on any atom is -0.316 e. The van der Waals surface area contributed by atoms with E-state index in [4.69, 9.17) is 0 Å². The summed E-state index contributed by atoms with van der Waals surface area (Å²) in [4.78, 5) is 0. The fourth-order valence-corrected chi connectivity index (χ4v) is 3.98. The van der Waals surface area contributed by atoms with E-state index in [0.29, 0.717) is 5.25 Å². The lowest BCUT2D eigenvalue weighted by Crippen LogP contribution is -2.22. The number of thioether (sulfide) groups is 1. The van der Waals surface area contributed by atoms with Crippen molar-refractivity contribution in [2.24, 2.45) is 0 Å². The molecular formula is C13H22N4S. The summed E-state index contributed by atoms with van der Waals surface area (Å²) >= 11 is 1.94. The van der Waals surface area contributed by atoms with E-state index >= 15 is 0 Å². The molecule has 2 aliphatic heterocycles. The summed E-state index contributed by atoms with van der Waals surface area (Å²) in [6.07, 6.45) is 8.95. The highest BCUT2D eigenvalue weighted by atomic mass is 32.2. The van der Waals surface area contributed by atoms with Crippen LogP contribution in [0, 0.1) is 0 Å². The average molecular weight is 266 g/mol. The van der Waals surface area contributed by atoms with Gasteiger partial charge in [-0.3, -0.25) is 0 Å². The van der Waals surface area contributed by atoms with Gasteiger partial charge in [0.25, 0.3) is 0 Å². The Balaban J connectivity index is 1.70. The van der Waals surface area contributed by atoms with Crippen LogP contribution in [0.3, 0.4) is 0 Å². The van der Waals surface area contributed by atoms with Gasteiger partial charge in [-0.1, -0.05) is 24.6 Å². The molecule has 0 aliphatic carbocycles. The summed E-state index contributed by atoms with van der Waals surface area (Å²) in [6, 6.07) is 0. The zero-order valence-corrected chi connectivity index (χ0v) is 11.7. The summed E-state index contributed by atoms with van der Waals surface area (Å²) in [5, 5.41) is 14.1. The van der Waals surface area contributed by atoms with E-state index in [0.717, 1.165) is 24.7 Å². The summed E-state index contributed by atoms with van der Waals surface area (Å²) < 4.78 is 2.36. The Morgan fingerprint density at radius 3 is 3.11 bits per heavy atom. The number of rotatable bonds is 2. The van der Waals surface area contributed by atoms with Gasteiger partial charge >= 0.3 is 0 Å². The van der Waals surface area contributed by atoms with Crippen LogP contribution in [0.4, 0.5) is 0 Å². The molecule has 4 nitrogen and oxygen atoms in total. The molecule has 1 aromatic rings. The Bertz CT molecular complexity index is 382. The predicted molar refractivity (Wildman–Crippen MR) is 73.9 cm³/mol. The maximum atomic E-state index is 4.41. The van der Waals surface area contributed by atoms with Crippen LogP contribution in [0.2, 0.25) is 0 Å². The molecule has 1 N–H and O–H groups in total. The molecule has 1 aromatic heterocycles. The van der Waals surface area contributed by atoms with Crippen LogP contribution in [-0.2, 0) is 13.0 Å². The molecule has 0 amide bonds. The SMILES string of the molecule is C1CCc2nnc(SC3CCCCNC3)n2CC1. The van der Waals surface area contributed by atoms with E-state index in [1.165, 1.54) is 50.9 Å². The summed E-state index contributed by atoms with van der Waals surface area (Å²) in [5.74, 6) is 1.21. The maximum Gasteiger partial charge on any atom is 0.191 e. The molecule has 0 bridgehead atoms. The predicted octanol–water partition coefficient (Wildman–Crippen LogP) is 2.24. The number of hydrogen-bond acceptors (Lipinski definition) is 4. The third kappa shape index (κ3) is 2.88. The second-order valence-corrected chi connectivity index (χ2v) is 6.57. The molecule has 1 fully saturated rings. The molecule has 0 saturated carbocycles. The fourth-order valence-electron chi connectivity index (χ4n) is 2.78. The molecule has 1 saturated heterocycles. The first kappa shape index (κ1) is 12.5. The first-order valence-electron chi connectivity index (χ1n) is 7.23. The van der Waals surface area contributed by atoms with E-state index in [1.54, 1.807) is 0 Å². The van der Waals surface area contributed by atoms with Crippen molar-refractivity contribution in [2.75, 3.05) is 13.1 Å². The molecule has 0 radical (unpaired) electrons. The first-order chi connectivity index (χ1) is 8.93. The van der Waals surface area contributed by atoms with Crippen molar-refractivity contribution in [1.29, 1.82) is 0 Å². The number of fused-ring (bicyclic) bond motifs is 1. The molecule has 2 aliphatic rings. The first-order valence-corrected chi connectivity index (χ1v) is 8.11. The number of nitrogens with one attached hydrogen (secondary N) is 1. The lowest BCUT2D eigenvalue weighted by atomic mass is 10.2. The minimum atomic E-state index is 0.670. The topological polar surface area (TPSA) is 42.7 Å². The van der Waals surface area contributed by atoms with Crippen molar-refractivity contribution in [3.8, 4) is 0 Å². The lowest BCUT2D eigenvalue weighted by Gasteiger charge is -2.14. The molecule has 0 spiro atoms. The van der Waals surface area contributed by atoms with Crippen LogP contribution in [0.1, 0.15) is 44.3 Å². The van der Waals surface area contributed by atoms with Gasteiger partial charge < -0.3 is 9.88 Å². The highest BCUT2D eigenvalue weighted by Crippen LogP contribution is 2.28. The molecule has 0 aromatic carbocycles. The number of nitrogens with zero attached hydrogens (tertiary/aromatic N) is 3. The molecule has 3 rings (SSSR count). The average Bonchev–Trinajstić information content (AvgIpc) is 2.63. The summed E-state index contributed by atoms with van der Waals surface area (Å²) in [7, 11) is 0. The zero-order valence-electron chi connectivity index (χ0n) is 10.9. The van der Waals surface area contributed by atoms with Crippen LogP contribution < -0.4 is 5.32 Å². The van der Waals surface area contributed by atoms with Crippen LogP contribution in [0.15, 0.2) is 5.16 Å². The lowest BCUT2D eigenvalue weighted by molar-refractivity contribution is 0.588. The Morgan fingerprint density at radius 2 is 2.11 bits per heavy atom. The molecule has 18 heavy (non-hydrogen) atoms. The standard InChI is InChI=1S/C13H22N4S/c1-2-7-12-15-16-13(17(12)9-5-1)18-11-6-3-4-8-14-10-11/h11,14H,1-10H2. The number of aryl methyl sites for hydroxylation is 1. The molecule has 1 unspecified atom stereocenters. The zero-order chi connectivity index (χ0) is 12.2. The fraction of sp³-hybridized carbons (Fsp3) is 0.846. The molecule has 100 valence electrons. The molecular weight excluding hydrogens is 244 g/mol. The van der Waals surface area contributed by atoms with Gasteiger partial charge in [-0.2, -0.15) is 0 Å². The van der Waals surface area contributed by atoms with Gasteiger partial charge in [-0.05, 0) is 32.2 Å². The third-order valence-electron chi connectivity index (χ3n) is 3.85. The second kappa shape index (κ2) is 6.06. The largest absolute Gasteiger partial charge is 0.316 e. The van der Waals surface area contributed by atoms with E-state index < -0.39 is 0 Å². The summed E-state index contributed by atoms with van der Waals surface area (Å²) in [6.45, 7) is 3.41. The van der Waals surface area contributed by atoms with Crippen molar-refractivity contribution in [1.82, 2.24) is 20.1 Å². The van der Waals surface area contributed by atoms with E-state index in [9.17, 15) is 0 Å². The molecule has 5 heteroatoms. The van der Waals surface area contributed by atoms with E-state index in [-0.39, 0.29) is 0 Å². The van der Waals surface area contributed by atoms with Crippen LogP contribution in [0.5, 0.6) is 0 Å². The number of hydrogen-bond donors (Lipinski definition) is 1. The van der Waals surface area contributed by atoms with Gasteiger partial charge in [-0.15, -0.1) is 10.2 Å². The smallest absolute Gasteiger partial charge is 0.191 e. The Kier molecular flexibility index (Phi) is 4.20. The van der Waals surface area contributed by atoms with Gasteiger partial charge in [0.1, 0.15) is 5.82 Å². The van der Waals surface area contributed by atoms with Gasteiger partial charge in [0.2, 0.25) is 0 Å². The molecule has 1 atom stereocenters. The second-order valence-electron chi connectivity index (χ2n) is 5.30. The quantitative estimate of drug-likeness (QED) is 0.891. The molecule has 3 heterocycles. The van der Waals surface area contributed by atoms with Crippen LogP contribution in [0.25, 0.3) is 0 Å². The highest BCUT2D eigenvalue weighted by molar-refractivity contribution is 7.99. The van der Waals surface area contributed by atoms with Gasteiger partial charge in [0.05, 0.1) is 0 Å². The monoisotopic (exact) mass is 266 g/mol. The van der Waals surface area contributed by atoms with Gasteiger partial charge in [0.15, 0.2) is 5.16 Å². The van der Waals surface area contributed by atoms with Crippen molar-refractivity contribution in [2.45, 2.75) is 61.9 Å². The normalized spacial score (nSPS) is 25.2. The van der Waals surface area contributed by atoms with Gasteiger partial charge in [-0.25, -0.2) is 0 Å². The number of aromatic nitrogens is 3. The van der Waals surface area contributed by atoms with Crippen LogP contribution >= 0.6 is 11.8 Å². The highest BCUT2D eigenvalue weighted by Gasteiger charge is 2.19. The van der Waals surface area contributed by atoms with Crippen molar-refractivity contribution >= 4 is 11.8 Å².